The molecule has 3 heteroatoms. The third-order valence-corrected chi connectivity index (χ3v) is 2.06. The fourth-order valence-corrected chi connectivity index (χ4v) is 1.24. The van der Waals surface area contributed by atoms with Crippen LogP contribution in [0.25, 0.3) is 0 Å². The molecule has 0 radical (unpaired) electrons. The van der Waals surface area contributed by atoms with Crippen LogP contribution in [-0.2, 0) is 0 Å². The van der Waals surface area contributed by atoms with Gasteiger partial charge in [0.25, 0.3) is 0 Å². The monoisotopic (exact) mass is 147 g/mol. The molecule has 2 nitrogen and oxygen atoms in total. The Morgan fingerprint density at radius 1 is 1.60 bits per heavy atom. The first-order valence-corrected chi connectivity index (χ1v) is 3.57. The van der Waals surface area contributed by atoms with Crippen molar-refractivity contribution >= 4 is 0 Å². The van der Waals surface area contributed by atoms with Gasteiger partial charge < -0.3 is 10.4 Å². The van der Waals surface area contributed by atoms with E-state index >= 15 is 0 Å². The van der Waals surface area contributed by atoms with E-state index in [1.54, 1.807) is 0 Å². The molecule has 0 bridgehead atoms. The second kappa shape index (κ2) is 2.47. The molecule has 0 aromatic rings. The van der Waals surface area contributed by atoms with E-state index in [0.29, 0.717) is 6.54 Å². The first-order chi connectivity index (χ1) is 4.54. The summed E-state index contributed by atoms with van der Waals surface area (Å²) in [6.45, 7) is 4.69. The summed E-state index contributed by atoms with van der Waals surface area (Å²) in [5.74, 6) is 0. The first kappa shape index (κ1) is 7.95. The van der Waals surface area contributed by atoms with E-state index < -0.39 is 12.3 Å². The predicted octanol–water partition coefficient (Wildman–Crippen LogP) is 0.315. The van der Waals surface area contributed by atoms with Gasteiger partial charge in [-0.3, -0.25) is 0 Å². The van der Waals surface area contributed by atoms with Gasteiger partial charge in [-0.25, -0.2) is 4.39 Å². The lowest BCUT2D eigenvalue weighted by molar-refractivity contribution is -0.0346. The van der Waals surface area contributed by atoms with Crippen molar-refractivity contribution in [3.05, 3.63) is 0 Å². The summed E-state index contributed by atoms with van der Waals surface area (Å²) in [5, 5.41) is 12.2. The van der Waals surface area contributed by atoms with Gasteiger partial charge in [-0.2, -0.15) is 0 Å². The Morgan fingerprint density at radius 3 is 2.60 bits per heavy atom. The zero-order valence-corrected chi connectivity index (χ0v) is 6.39. The molecule has 0 aromatic carbocycles. The molecule has 1 aliphatic rings. The van der Waals surface area contributed by atoms with E-state index in [1.165, 1.54) is 0 Å². The molecule has 0 aliphatic carbocycles. The maximum absolute atomic E-state index is 12.8. The Labute approximate surface area is 60.4 Å². The lowest BCUT2D eigenvalue weighted by Gasteiger charge is -2.37. The third-order valence-electron chi connectivity index (χ3n) is 2.06. The molecule has 1 unspecified atom stereocenters. The minimum absolute atomic E-state index is 0.282. The van der Waals surface area contributed by atoms with Crippen LogP contribution in [0.1, 0.15) is 13.8 Å². The van der Waals surface area contributed by atoms with Crippen molar-refractivity contribution in [3.8, 4) is 0 Å². The summed E-state index contributed by atoms with van der Waals surface area (Å²) in [5.41, 5.74) is -0.322. The largest absolute Gasteiger partial charge is 0.389 e. The molecule has 0 amide bonds. The Kier molecular flexibility index (Phi) is 1.97. The molecule has 2 N–H and O–H groups in total. The van der Waals surface area contributed by atoms with E-state index in [2.05, 4.69) is 5.32 Å². The number of nitrogens with one attached hydrogen (secondary N) is 1. The number of rotatable bonds is 0. The summed E-state index contributed by atoms with van der Waals surface area (Å²) in [6, 6.07) is 0. The number of halogens is 1. The van der Waals surface area contributed by atoms with Crippen LogP contribution in [0.2, 0.25) is 0 Å². The van der Waals surface area contributed by atoms with Gasteiger partial charge in [0.15, 0.2) is 0 Å². The summed E-state index contributed by atoms with van der Waals surface area (Å²) < 4.78 is 12.8. The molecule has 1 heterocycles. The van der Waals surface area contributed by atoms with Crippen molar-refractivity contribution < 1.29 is 9.50 Å². The number of piperidine rings is 1. The van der Waals surface area contributed by atoms with E-state index in [4.69, 9.17) is 0 Å². The first-order valence-electron chi connectivity index (χ1n) is 3.57. The number of aliphatic hydroxyl groups is 1. The van der Waals surface area contributed by atoms with Crippen molar-refractivity contribution in [3.63, 3.8) is 0 Å². The predicted molar refractivity (Wildman–Crippen MR) is 37.6 cm³/mol. The van der Waals surface area contributed by atoms with Crippen LogP contribution in [0.15, 0.2) is 0 Å². The highest BCUT2D eigenvalue weighted by Crippen LogP contribution is 2.26. The normalized spacial score (nSPS) is 39.6. The van der Waals surface area contributed by atoms with Crippen LogP contribution in [-0.4, -0.2) is 30.5 Å². The van der Waals surface area contributed by atoms with Crippen molar-refractivity contribution in [1.29, 1.82) is 0 Å². The molecule has 0 spiro atoms. The zero-order chi connectivity index (χ0) is 7.78. The average molecular weight is 147 g/mol. The van der Waals surface area contributed by atoms with Gasteiger partial charge in [0.05, 0.1) is 6.10 Å². The molecule has 1 aliphatic heterocycles. The molecule has 1 saturated heterocycles. The van der Waals surface area contributed by atoms with Gasteiger partial charge in [0.2, 0.25) is 0 Å². The van der Waals surface area contributed by atoms with Crippen LogP contribution in [0, 0.1) is 5.41 Å². The fraction of sp³-hybridized carbons (Fsp3) is 1.00. The number of aliphatic hydroxyl groups excluding tert-OH is 1. The van der Waals surface area contributed by atoms with Crippen LogP contribution < -0.4 is 5.32 Å². The average Bonchev–Trinajstić information content (AvgIpc) is 1.83. The SMILES string of the molecule is CC1(C)CNCC(F)[C@H]1O. The van der Waals surface area contributed by atoms with Crippen molar-refractivity contribution in [1.82, 2.24) is 5.32 Å². The fourth-order valence-electron chi connectivity index (χ4n) is 1.24. The quantitative estimate of drug-likeness (QED) is 0.517. The highest BCUT2D eigenvalue weighted by atomic mass is 19.1. The molecule has 1 rings (SSSR count). The highest BCUT2D eigenvalue weighted by molar-refractivity contribution is 4.90. The zero-order valence-electron chi connectivity index (χ0n) is 6.39. The maximum atomic E-state index is 12.8. The molecule has 0 aromatic heterocycles. The van der Waals surface area contributed by atoms with Gasteiger partial charge in [-0.05, 0) is 0 Å². The minimum atomic E-state index is -1.11. The highest BCUT2D eigenvalue weighted by Gasteiger charge is 2.37. The minimum Gasteiger partial charge on any atom is -0.389 e. The smallest absolute Gasteiger partial charge is 0.139 e. The standard InChI is InChI=1S/C7H14FNO/c1-7(2)4-9-3-5(8)6(7)10/h5-6,9-10H,3-4H2,1-2H3/t5?,6-/m1/s1. The van der Waals surface area contributed by atoms with E-state index in [9.17, 15) is 9.50 Å². The van der Waals surface area contributed by atoms with Crippen LogP contribution in [0.5, 0.6) is 0 Å². The Bertz CT molecular complexity index is 127. The molecular weight excluding hydrogens is 133 g/mol. The van der Waals surface area contributed by atoms with Crippen molar-refractivity contribution in [2.75, 3.05) is 13.1 Å². The second-order valence-electron chi connectivity index (χ2n) is 3.58. The van der Waals surface area contributed by atoms with Crippen molar-refractivity contribution in [2.45, 2.75) is 26.1 Å². The van der Waals surface area contributed by atoms with Crippen LogP contribution >= 0.6 is 0 Å². The maximum Gasteiger partial charge on any atom is 0.139 e. The Hall–Kier alpha value is -0.150. The molecule has 0 saturated carbocycles. The number of hydrogen-bond donors (Lipinski definition) is 2. The van der Waals surface area contributed by atoms with E-state index in [0.717, 1.165) is 0 Å². The lowest BCUT2D eigenvalue weighted by Crippen LogP contribution is -2.53. The lowest BCUT2D eigenvalue weighted by atomic mass is 9.81. The van der Waals surface area contributed by atoms with Crippen LogP contribution in [0.4, 0.5) is 4.39 Å². The van der Waals surface area contributed by atoms with Gasteiger partial charge >= 0.3 is 0 Å². The molecule has 60 valence electrons. The molecule has 10 heavy (non-hydrogen) atoms. The van der Waals surface area contributed by atoms with Crippen molar-refractivity contribution in [2.24, 2.45) is 5.41 Å². The molecule has 1 fully saturated rings. The summed E-state index contributed by atoms with van der Waals surface area (Å²) >= 11 is 0. The number of hydrogen-bond acceptors (Lipinski definition) is 2. The van der Waals surface area contributed by atoms with Gasteiger partial charge in [-0.1, -0.05) is 13.8 Å². The van der Waals surface area contributed by atoms with Gasteiger partial charge in [-0.15, -0.1) is 0 Å². The Balaban J connectivity index is 2.60. The molecular formula is C7H14FNO. The van der Waals surface area contributed by atoms with Gasteiger partial charge in [0, 0.05) is 18.5 Å². The summed E-state index contributed by atoms with van der Waals surface area (Å²) in [4.78, 5) is 0. The van der Waals surface area contributed by atoms with E-state index in [1.807, 2.05) is 13.8 Å². The summed E-state index contributed by atoms with van der Waals surface area (Å²) in [7, 11) is 0. The number of alkyl halides is 1. The van der Waals surface area contributed by atoms with Gasteiger partial charge in [0.1, 0.15) is 6.17 Å². The molecule has 2 atom stereocenters. The summed E-state index contributed by atoms with van der Waals surface area (Å²) in [6.07, 6.45) is -1.92. The van der Waals surface area contributed by atoms with E-state index in [-0.39, 0.29) is 12.0 Å². The topological polar surface area (TPSA) is 32.3 Å². The Morgan fingerprint density at radius 2 is 2.20 bits per heavy atom. The third kappa shape index (κ3) is 1.30. The van der Waals surface area contributed by atoms with Crippen LogP contribution in [0.3, 0.4) is 0 Å². The second-order valence-corrected chi connectivity index (χ2v) is 3.58.